The van der Waals surface area contributed by atoms with Crippen molar-refractivity contribution in [3.63, 3.8) is 0 Å². The Kier molecular flexibility index (Phi) is 5.32. The van der Waals surface area contributed by atoms with Crippen molar-refractivity contribution in [1.29, 1.82) is 0 Å². The molecule has 37 heavy (non-hydrogen) atoms. The first-order valence-corrected chi connectivity index (χ1v) is 12.2. The maximum atomic E-state index is 12.5. The van der Waals surface area contributed by atoms with E-state index in [0.717, 1.165) is 34.1 Å². The van der Waals surface area contributed by atoms with Crippen molar-refractivity contribution in [1.82, 2.24) is 34.6 Å². The third-order valence-corrected chi connectivity index (χ3v) is 6.50. The number of fused-ring (bicyclic) bond motifs is 3. The molecule has 0 atom stereocenters. The summed E-state index contributed by atoms with van der Waals surface area (Å²) < 4.78 is 7.41. The Balaban J connectivity index is 1.30. The summed E-state index contributed by atoms with van der Waals surface area (Å²) in [6.07, 6.45) is 5.60. The second-order valence-corrected chi connectivity index (χ2v) is 10.4. The monoisotopic (exact) mass is 496 g/mol. The first kappa shape index (κ1) is 23.0. The molecule has 0 fully saturated rings. The maximum absolute atomic E-state index is 12.5. The molecule has 1 aliphatic rings. The van der Waals surface area contributed by atoms with Gasteiger partial charge in [0.05, 0.1) is 11.9 Å². The predicted molar refractivity (Wildman–Crippen MR) is 141 cm³/mol. The Hall–Kier alpha value is -4.47. The number of benzene rings is 1. The Bertz CT molecular complexity index is 1650. The molecule has 3 N–H and O–H groups in total. The summed E-state index contributed by atoms with van der Waals surface area (Å²) in [5, 5.41) is 6.61. The molecular weight excluding hydrogens is 468 g/mol. The van der Waals surface area contributed by atoms with Crippen LogP contribution >= 0.6 is 0 Å². The fourth-order valence-corrected chi connectivity index (χ4v) is 4.77. The van der Waals surface area contributed by atoms with Crippen molar-refractivity contribution in [3.05, 3.63) is 65.7 Å². The zero-order valence-electron chi connectivity index (χ0n) is 21.0. The molecule has 0 radical (unpaired) electrons. The van der Waals surface area contributed by atoms with Crippen molar-refractivity contribution in [3.8, 4) is 11.3 Å². The SMILES string of the molecule is CC(C)(C)OC(=O)N1CCc2cc(Cn3nc(-c4cnc5[nH]ccc5c4)c4c(N)ncnc43)ccc2C1. The van der Waals surface area contributed by atoms with E-state index in [-0.39, 0.29) is 6.09 Å². The van der Waals surface area contributed by atoms with E-state index in [1.165, 1.54) is 11.9 Å². The van der Waals surface area contributed by atoms with Gasteiger partial charge in [0.15, 0.2) is 5.65 Å². The quantitative estimate of drug-likeness (QED) is 0.381. The van der Waals surface area contributed by atoms with Crippen LogP contribution in [0.3, 0.4) is 0 Å². The average molecular weight is 497 g/mol. The van der Waals surface area contributed by atoms with Crippen LogP contribution in [0.5, 0.6) is 0 Å². The predicted octanol–water partition coefficient (Wildman–Crippen LogP) is 4.29. The fraction of sp³-hybridized carbons (Fsp3) is 0.296. The van der Waals surface area contributed by atoms with Gasteiger partial charge in [-0.3, -0.25) is 0 Å². The summed E-state index contributed by atoms with van der Waals surface area (Å²) >= 11 is 0. The first-order valence-electron chi connectivity index (χ1n) is 12.2. The molecule has 6 rings (SSSR count). The standard InChI is InChI=1S/C27H28N8O2/c1-27(2,3)37-26(36)34-9-7-17-10-16(4-5-19(17)14-34)13-35-25-21(23(28)31-15-32-25)22(33-35)20-11-18-6-8-29-24(18)30-12-20/h4-6,8,10-12,15H,7,9,13-14H2,1-3H3,(H,29,30)(H2,28,31,32). The largest absolute Gasteiger partial charge is 0.444 e. The molecule has 10 heteroatoms. The van der Waals surface area contributed by atoms with Gasteiger partial charge < -0.3 is 20.4 Å². The van der Waals surface area contributed by atoms with E-state index in [4.69, 9.17) is 15.6 Å². The Morgan fingerprint density at radius 1 is 1.14 bits per heavy atom. The zero-order valence-corrected chi connectivity index (χ0v) is 21.0. The van der Waals surface area contributed by atoms with Gasteiger partial charge in [-0.05, 0) is 56.0 Å². The van der Waals surface area contributed by atoms with Gasteiger partial charge in [-0.15, -0.1) is 0 Å². The van der Waals surface area contributed by atoms with Gasteiger partial charge in [0, 0.05) is 36.4 Å². The van der Waals surface area contributed by atoms with E-state index in [2.05, 4.69) is 38.1 Å². The number of H-pyrrole nitrogens is 1. The highest BCUT2D eigenvalue weighted by molar-refractivity contribution is 5.99. The minimum absolute atomic E-state index is 0.276. The Morgan fingerprint density at radius 3 is 2.84 bits per heavy atom. The van der Waals surface area contributed by atoms with Crippen LogP contribution in [0.2, 0.25) is 0 Å². The number of anilines is 1. The lowest BCUT2D eigenvalue weighted by molar-refractivity contribution is 0.0224. The van der Waals surface area contributed by atoms with E-state index in [1.807, 2.05) is 43.8 Å². The van der Waals surface area contributed by atoms with Crippen molar-refractivity contribution < 1.29 is 9.53 Å². The van der Waals surface area contributed by atoms with E-state index in [1.54, 1.807) is 11.1 Å². The Labute approximate surface area is 213 Å². The number of hydrogen-bond acceptors (Lipinski definition) is 7. The number of aromatic amines is 1. The highest BCUT2D eigenvalue weighted by atomic mass is 16.6. The van der Waals surface area contributed by atoms with Crippen molar-refractivity contribution in [2.45, 2.75) is 45.9 Å². The molecular formula is C27H28N8O2. The third kappa shape index (κ3) is 4.35. The van der Waals surface area contributed by atoms with E-state index in [9.17, 15) is 4.79 Å². The number of rotatable bonds is 3. The van der Waals surface area contributed by atoms with Crippen LogP contribution in [0.15, 0.2) is 49.1 Å². The summed E-state index contributed by atoms with van der Waals surface area (Å²) in [7, 11) is 0. The minimum Gasteiger partial charge on any atom is -0.444 e. The molecule has 5 heterocycles. The molecule has 0 saturated heterocycles. The average Bonchev–Trinajstić information content (AvgIpc) is 3.48. The normalized spacial score (nSPS) is 13.8. The van der Waals surface area contributed by atoms with Gasteiger partial charge in [-0.1, -0.05) is 18.2 Å². The number of pyridine rings is 1. The van der Waals surface area contributed by atoms with Crippen LogP contribution in [0.1, 0.15) is 37.5 Å². The van der Waals surface area contributed by atoms with Crippen LogP contribution in [-0.2, 0) is 24.2 Å². The van der Waals surface area contributed by atoms with Crippen LogP contribution in [0.25, 0.3) is 33.3 Å². The molecule has 5 aromatic rings. The third-order valence-electron chi connectivity index (χ3n) is 6.50. The molecule has 1 amide bonds. The second kappa shape index (κ2) is 8.58. The van der Waals surface area contributed by atoms with E-state index in [0.29, 0.717) is 42.2 Å². The minimum atomic E-state index is -0.511. The number of amides is 1. The highest BCUT2D eigenvalue weighted by Gasteiger charge is 2.26. The molecule has 4 aromatic heterocycles. The number of carbonyl (C=O) groups is 1. The summed E-state index contributed by atoms with van der Waals surface area (Å²) in [5.74, 6) is 0.382. The summed E-state index contributed by atoms with van der Waals surface area (Å²) in [6.45, 7) is 7.33. The molecule has 0 saturated carbocycles. The highest BCUT2D eigenvalue weighted by Crippen LogP contribution is 2.32. The molecule has 0 bridgehead atoms. The number of nitrogens with one attached hydrogen (secondary N) is 1. The van der Waals surface area contributed by atoms with Crippen LogP contribution in [0, 0.1) is 0 Å². The molecule has 188 valence electrons. The van der Waals surface area contributed by atoms with Gasteiger partial charge in [0.25, 0.3) is 0 Å². The van der Waals surface area contributed by atoms with Gasteiger partial charge in [-0.25, -0.2) is 24.4 Å². The van der Waals surface area contributed by atoms with Gasteiger partial charge in [-0.2, -0.15) is 5.10 Å². The topological polar surface area (TPSA) is 128 Å². The molecule has 0 aliphatic carbocycles. The number of nitrogen functional groups attached to an aromatic ring is 1. The molecule has 0 unspecified atom stereocenters. The van der Waals surface area contributed by atoms with Crippen molar-refractivity contribution in [2.75, 3.05) is 12.3 Å². The number of carbonyl (C=O) groups excluding carboxylic acids is 1. The summed E-state index contributed by atoms with van der Waals surface area (Å²) in [4.78, 5) is 30.6. The van der Waals surface area contributed by atoms with Crippen molar-refractivity contribution in [2.24, 2.45) is 0 Å². The van der Waals surface area contributed by atoms with Crippen LogP contribution in [0.4, 0.5) is 10.6 Å². The number of nitrogens with zero attached hydrogens (tertiary/aromatic N) is 6. The molecule has 10 nitrogen and oxygen atoms in total. The molecule has 1 aromatic carbocycles. The lowest BCUT2D eigenvalue weighted by atomic mass is 9.97. The van der Waals surface area contributed by atoms with Crippen LogP contribution in [-0.4, -0.2) is 52.9 Å². The van der Waals surface area contributed by atoms with Gasteiger partial charge in [0.2, 0.25) is 0 Å². The van der Waals surface area contributed by atoms with Crippen LogP contribution < -0.4 is 5.73 Å². The summed E-state index contributed by atoms with van der Waals surface area (Å²) in [6, 6.07) is 10.4. The van der Waals surface area contributed by atoms with Crippen molar-refractivity contribution >= 4 is 34.0 Å². The maximum Gasteiger partial charge on any atom is 0.410 e. The van der Waals surface area contributed by atoms with E-state index < -0.39 is 5.60 Å². The number of aromatic nitrogens is 6. The number of hydrogen-bond donors (Lipinski definition) is 2. The second-order valence-electron chi connectivity index (χ2n) is 10.4. The number of nitrogens with two attached hydrogens (primary N) is 1. The lowest BCUT2D eigenvalue weighted by Gasteiger charge is -2.31. The summed E-state index contributed by atoms with van der Waals surface area (Å²) in [5.41, 5.74) is 12.3. The number of ether oxygens (including phenoxy) is 1. The van der Waals surface area contributed by atoms with Gasteiger partial charge >= 0.3 is 6.09 Å². The van der Waals surface area contributed by atoms with Gasteiger partial charge in [0.1, 0.15) is 29.1 Å². The molecule has 0 spiro atoms. The van der Waals surface area contributed by atoms with E-state index >= 15 is 0 Å². The smallest absolute Gasteiger partial charge is 0.410 e. The first-order chi connectivity index (χ1) is 17.7. The zero-order chi connectivity index (χ0) is 25.7. The Morgan fingerprint density at radius 2 is 2.00 bits per heavy atom. The lowest BCUT2D eigenvalue weighted by Crippen LogP contribution is -2.39. The molecule has 1 aliphatic heterocycles. The fourth-order valence-electron chi connectivity index (χ4n) is 4.77.